The lowest BCUT2D eigenvalue weighted by molar-refractivity contribution is 0.816. The third kappa shape index (κ3) is 1.09. The van der Waals surface area contributed by atoms with E-state index in [1.54, 1.807) is 5.57 Å². The second kappa shape index (κ2) is 2.54. The van der Waals surface area contributed by atoms with Crippen LogP contribution in [-0.2, 0) is 0 Å². The van der Waals surface area contributed by atoms with Crippen molar-refractivity contribution in [2.45, 2.75) is 6.42 Å². The van der Waals surface area contributed by atoms with E-state index < -0.39 is 0 Å². The summed E-state index contributed by atoms with van der Waals surface area (Å²) in [6, 6.07) is 0. The van der Waals surface area contributed by atoms with Crippen molar-refractivity contribution in [3.05, 3.63) is 48.6 Å². The Morgan fingerprint density at radius 1 is 1.36 bits per heavy atom. The molecule has 0 N–H and O–H groups in total. The van der Waals surface area contributed by atoms with Crippen LogP contribution in [0, 0.1) is 11.8 Å². The Bertz CT molecular complexity index is 253. The molecule has 2 rings (SSSR count). The number of fused-ring (bicyclic) bond motifs is 1. The van der Waals surface area contributed by atoms with E-state index in [0.29, 0.717) is 5.92 Å². The lowest BCUT2D eigenvalue weighted by atomic mass is 10.2. The van der Waals surface area contributed by atoms with Gasteiger partial charge in [-0.3, -0.25) is 0 Å². The van der Waals surface area contributed by atoms with Gasteiger partial charge in [0.25, 0.3) is 0 Å². The van der Waals surface area contributed by atoms with E-state index in [0.717, 1.165) is 5.92 Å². The van der Waals surface area contributed by atoms with Crippen LogP contribution in [-0.4, -0.2) is 0 Å². The molecule has 0 aromatic heterocycles. The predicted octanol–water partition coefficient (Wildman–Crippen LogP) is 2.86. The molecule has 56 valence electrons. The van der Waals surface area contributed by atoms with E-state index >= 15 is 0 Å². The maximum Gasteiger partial charge on any atom is 0.00492 e. The fraction of sp³-hybridized carbons (Fsp3) is 0.273. The van der Waals surface area contributed by atoms with Crippen molar-refractivity contribution in [3.63, 3.8) is 0 Å². The van der Waals surface area contributed by atoms with Gasteiger partial charge in [0.2, 0.25) is 0 Å². The van der Waals surface area contributed by atoms with Gasteiger partial charge in [-0.05, 0) is 12.3 Å². The Morgan fingerprint density at radius 3 is 3.09 bits per heavy atom. The zero-order chi connectivity index (χ0) is 7.68. The Labute approximate surface area is 67.6 Å². The molecule has 0 amide bonds. The zero-order valence-electron chi connectivity index (χ0n) is 6.53. The molecule has 0 aliphatic heterocycles. The molecule has 0 heteroatoms. The summed E-state index contributed by atoms with van der Waals surface area (Å²) in [6.07, 6.45) is 14.0. The van der Waals surface area contributed by atoms with Crippen molar-refractivity contribution in [2.75, 3.05) is 0 Å². The largest absolute Gasteiger partial charge is 0.102 e. The summed E-state index contributed by atoms with van der Waals surface area (Å²) in [5.74, 6) is 1.44. The first-order valence-corrected chi connectivity index (χ1v) is 4.09. The smallest absolute Gasteiger partial charge is 0.00492 e. The number of allylic oxidation sites excluding steroid dienone is 7. The van der Waals surface area contributed by atoms with Crippen molar-refractivity contribution >= 4 is 0 Å². The summed E-state index contributed by atoms with van der Waals surface area (Å²) in [5.41, 5.74) is 1.56. The van der Waals surface area contributed by atoms with Crippen LogP contribution in [0.4, 0.5) is 0 Å². The SMILES string of the molecule is C=C[C@@H]1C2=CC=CC=CC[C@@H]21. The van der Waals surface area contributed by atoms with Crippen molar-refractivity contribution in [1.82, 2.24) is 0 Å². The number of hydrogen-bond donors (Lipinski definition) is 0. The minimum atomic E-state index is 0.669. The van der Waals surface area contributed by atoms with Crippen LogP contribution in [0.25, 0.3) is 0 Å². The van der Waals surface area contributed by atoms with Gasteiger partial charge in [0.05, 0.1) is 0 Å². The van der Waals surface area contributed by atoms with E-state index in [1.165, 1.54) is 6.42 Å². The van der Waals surface area contributed by atoms with Crippen LogP contribution in [0.5, 0.6) is 0 Å². The first-order chi connectivity index (χ1) is 5.43. The summed E-state index contributed by atoms with van der Waals surface area (Å²) < 4.78 is 0. The Morgan fingerprint density at radius 2 is 2.27 bits per heavy atom. The first-order valence-electron chi connectivity index (χ1n) is 4.09. The lowest BCUT2D eigenvalue weighted by Gasteiger charge is -1.87. The topological polar surface area (TPSA) is 0 Å². The van der Waals surface area contributed by atoms with E-state index in [1.807, 2.05) is 0 Å². The fourth-order valence-corrected chi connectivity index (χ4v) is 1.72. The van der Waals surface area contributed by atoms with Gasteiger partial charge < -0.3 is 0 Å². The summed E-state index contributed by atoms with van der Waals surface area (Å²) in [5, 5.41) is 0. The Kier molecular flexibility index (Phi) is 1.54. The quantitative estimate of drug-likeness (QED) is 0.496. The molecule has 1 saturated carbocycles. The molecule has 0 bridgehead atoms. The van der Waals surface area contributed by atoms with E-state index in [-0.39, 0.29) is 0 Å². The summed E-state index contributed by atoms with van der Waals surface area (Å²) in [4.78, 5) is 0. The normalized spacial score (nSPS) is 33.3. The molecule has 0 aromatic carbocycles. The van der Waals surface area contributed by atoms with Gasteiger partial charge in [-0.1, -0.05) is 42.0 Å². The molecule has 0 heterocycles. The summed E-state index contributed by atoms with van der Waals surface area (Å²) in [6.45, 7) is 3.82. The molecule has 2 aliphatic rings. The molecular formula is C11H12. The monoisotopic (exact) mass is 144 g/mol. The van der Waals surface area contributed by atoms with Gasteiger partial charge in [-0.15, -0.1) is 6.58 Å². The molecule has 1 fully saturated rings. The molecule has 0 aromatic rings. The first kappa shape index (κ1) is 6.66. The van der Waals surface area contributed by atoms with E-state index in [4.69, 9.17) is 0 Å². The highest BCUT2D eigenvalue weighted by molar-refractivity contribution is 5.39. The van der Waals surface area contributed by atoms with Crippen molar-refractivity contribution < 1.29 is 0 Å². The van der Waals surface area contributed by atoms with Crippen LogP contribution in [0.1, 0.15) is 6.42 Å². The molecule has 0 nitrogen and oxygen atoms in total. The lowest BCUT2D eigenvalue weighted by Crippen LogP contribution is -1.74. The van der Waals surface area contributed by atoms with E-state index in [9.17, 15) is 0 Å². The maximum absolute atomic E-state index is 3.82. The van der Waals surface area contributed by atoms with Gasteiger partial charge in [-0.2, -0.15) is 0 Å². The van der Waals surface area contributed by atoms with Gasteiger partial charge in [-0.25, -0.2) is 0 Å². The van der Waals surface area contributed by atoms with Crippen molar-refractivity contribution in [1.29, 1.82) is 0 Å². The Balaban J connectivity index is 2.21. The molecule has 0 spiro atoms. The maximum atomic E-state index is 3.82. The molecule has 2 aliphatic carbocycles. The van der Waals surface area contributed by atoms with Crippen molar-refractivity contribution in [2.24, 2.45) is 11.8 Å². The minimum absolute atomic E-state index is 0.669. The van der Waals surface area contributed by atoms with Gasteiger partial charge >= 0.3 is 0 Å². The second-order valence-corrected chi connectivity index (χ2v) is 3.08. The van der Waals surface area contributed by atoms with Crippen LogP contribution >= 0.6 is 0 Å². The van der Waals surface area contributed by atoms with Crippen LogP contribution in [0.3, 0.4) is 0 Å². The summed E-state index contributed by atoms with van der Waals surface area (Å²) in [7, 11) is 0. The highest BCUT2D eigenvalue weighted by Gasteiger charge is 2.39. The molecular weight excluding hydrogens is 132 g/mol. The molecule has 0 saturated heterocycles. The average Bonchev–Trinajstić information content (AvgIpc) is 2.60. The third-order valence-electron chi connectivity index (χ3n) is 2.43. The highest BCUT2D eigenvalue weighted by atomic mass is 14.4. The number of rotatable bonds is 1. The van der Waals surface area contributed by atoms with Gasteiger partial charge in [0.15, 0.2) is 0 Å². The van der Waals surface area contributed by atoms with E-state index in [2.05, 4.69) is 43.0 Å². The molecule has 2 atom stereocenters. The van der Waals surface area contributed by atoms with Gasteiger partial charge in [0.1, 0.15) is 0 Å². The minimum Gasteiger partial charge on any atom is -0.102 e. The van der Waals surface area contributed by atoms with Crippen LogP contribution in [0.2, 0.25) is 0 Å². The van der Waals surface area contributed by atoms with Crippen LogP contribution in [0.15, 0.2) is 48.6 Å². The molecule has 0 radical (unpaired) electrons. The highest BCUT2D eigenvalue weighted by Crippen LogP contribution is 2.49. The molecule has 11 heavy (non-hydrogen) atoms. The predicted molar refractivity (Wildman–Crippen MR) is 48.2 cm³/mol. The standard InChI is InChI=1S/C11H12/c1-2-9-10-7-5-3-4-6-8-11(9)10/h2-7,9,11H,1,8H2/t9-,11-/m1/s1. The molecule has 0 unspecified atom stereocenters. The second-order valence-electron chi connectivity index (χ2n) is 3.08. The Hall–Kier alpha value is -1.04. The zero-order valence-corrected chi connectivity index (χ0v) is 6.53. The average molecular weight is 144 g/mol. The van der Waals surface area contributed by atoms with Crippen LogP contribution < -0.4 is 0 Å². The fourth-order valence-electron chi connectivity index (χ4n) is 1.72. The van der Waals surface area contributed by atoms with Crippen molar-refractivity contribution in [3.8, 4) is 0 Å². The number of hydrogen-bond acceptors (Lipinski definition) is 0. The van der Waals surface area contributed by atoms with Gasteiger partial charge in [0, 0.05) is 5.92 Å². The third-order valence-corrected chi connectivity index (χ3v) is 2.43. The summed E-state index contributed by atoms with van der Waals surface area (Å²) >= 11 is 0.